The van der Waals surface area contributed by atoms with E-state index in [0.29, 0.717) is 12.8 Å². The molecule has 0 bridgehead atoms. The lowest BCUT2D eigenvalue weighted by Gasteiger charge is -2.06. The molecule has 0 unspecified atom stereocenters. The third-order valence-electron chi connectivity index (χ3n) is 2.43. The zero-order valence-electron chi connectivity index (χ0n) is 10.7. The highest BCUT2D eigenvalue weighted by Gasteiger charge is 2.11. The van der Waals surface area contributed by atoms with Crippen LogP contribution in [0.15, 0.2) is 41.3 Å². The minimum Gasteiger partial charge on any atom is -0.478 e. The van der Waals surface area contributed by atoms with Crippen molar-refractivity contribution in [2.24, 2.45) is 0 Å². The molecule has 104 valence electrons. The normalized spacial score (nSPS) is 11.8. The van der Waals surface area contributed by atoms with E-state index < -0.39 is 16.0 Å². The lowest BCUT2D eigenvalue weighted by atomic mass is 10.2. The predicted octanol–water partition coefficient (Wildman–Crippen LogP) is 1.69. The maximum Gasteiger partial charge on any atom is 0.327 e. The summed E-state index contributed by atoms with van der Waals surface area (Å²) in [6.07, 6.45) is 3.62. The molecule has 0 aromatic heterocycles. The molecule has 0 aliphatic rings. The molecule has 0 aliphatic carbocycles. The summed E-state index contributed by atoms with van der Waals surface area (Å²) in [6.45, 7) is 2.17. The maximum absolute atomic E-state index is 11.9. The Bertz CT molecular complexity index is 547. The van der Waals surface area contributed by atoms with Crippen LogP contribution >= 0.6 is 0 Å². The van der Waals surface area contributed by atoms with Crippen LogP contribution in [0.2, 0.25) is 0 Å². The van der Waals surface area contributed by atoms with E-state index in [1.54, 1.807) is 24.3 Å². The third kappa shape index (κ3) is 5.67. The van der Waals surface area contributed by atoms with Crippen LogP contribution in [0.3, 0.4) is 0 Å². The second-order valence-corrected chi connectivity index (χ2v) is 5.86. The number of carboxylic acid groups (broad SMARTS) is 1. The van der Waals surface area contributed by atoms with Gasteiger partial charge < -0.3 is 5.11 Å². The Morgan fingerprint density at radius 1 is 1.32 bits per heavy atom. The van der Waals surface area contributed by atoms with Gasteiger partial charge in [-0.05, 0) is 31.9 Å². The summed E-state index contributed by atoms with van der Waals surface area (Å²) in [5.41, 5.74) is 0.998. The molecular formula is C13H17NO4S. The van der Waals surface area contributed by atoms with Gasteiger partial charge in [-0.3, -0.25) is 0 Å². The molecular weight excluding hydrogens is 266 g/mol. The van der Waals surface area contributed by atoms with Crippen LogP contribution in [0.4, 0.5) is 0 Å². The Morgan fingerprint density at radius 2 is 1.95 bits per heavy atom. The first-order valence-corrected chi connectivity index (χ1v) is 7.36. The van der Waals surface area contributed by atoms with Gasteiger partial charge in [0.2, 0.25) is 10.0 Å². The second kappa shape index (κ2) is 7.06. The van der Waals surface area contributed by atoms with Crippen molar-refractivity contribution in [1.29, 1.82) is 0 Å². The average molecular weight is 283 g/mol. The molecule has 6 heteroatoms. The predicted molar refractivity (Wildman–Crippen MR) is 72.4 cm³/mol. The molecule has 2 N–H and O–H groups in total. The van der Waals surface area contributed by atoms with Crippen LogP contribution in [0.5, 0.6) is 0 Å². The lowest BCUT2D eigenvalue weighted by Crippen LogP contribution is -2.24. The van der Waals surface area contributed by atoms with Gasteiger partial charge in [-0.25, -0.2) is 17.9 Å². The monoisotopic (exact) mass is 283 g/mol. The number of sulfonamides is 1. The number of nitrogens with one attached hydrogen (secondary N) is 1. The van der Waals surface area contributed by atoms with Crippen LogP contribution < -0.4 is 4.72 Å². The van der Waals surface area contributed by atoms with Crippen molar-refractivity contribution in [3.8, 4) is 0 Å². The van der Waals surface area contributed by atoms with Crippen LogP contribution in [0.25, 0.3) is 0 Å². The fourth-order valence-electron chi connectivity index (χ4n) is 1.41. The molecule has 0 fully saturated rings. The Labute approximate surface area is 113 Å². The number of hydrogen-bond acceptors (Lipinski definition) is 3. The number of unbranched alkanes of at least 4 members (excludes halogenated alkanes) is 1. The fraction of sp³-hybridized carbons (Fsp3) is 0.308. The topological polar surface area (TPSA) is 83.5 Å². The van der Waals surface area contributed by atoms with Gasteiger partial charge in [-0.15, -0.1) is 0 Å². The average Bonchev–Trinajstić information content (AvgIpc) is 2.34. The fourth-order valence-corrected chi connectivity index (χ4v) is 2.49. The van der Waals surface area contributed by atoms with Crippen LogP contribution in [0, 0.1) is 6.92 Å². The Morgan fingerprint density at radius 3 is 2.53 bits per heavy atom. The highest BCUT2D eigenvalue weighted by Crippen LogP contribution is 2.09. The summed E-state index contributed by atoms with van der Waals surface area (Å²) in [5.74, 6) is -1.000. The van der Waals surface area contributed by atoms with E-state index in [9.17, 15) is 13.2 Å². The Hall–Kier alpha value is -1.66. The minimum absolute atomic E-state index is 0.235. The summed E-state index contributed by atoms with van der Waals surface area (Å²) in [4.78, 5) is 10.4. The van der Waals surface area contributed by atoms with E-state index in [-0.39, 0.29) is 11.4 Å². The van der Waals surface area contributed by atoms with Crippen molar-refractivity contribution in [2.75, 3.05) is 6.54 Å². The molecule has 1 aromatic rings. The molecule has 0 amide bonds. The number of rotatable bonds is 7. The summed E-state index contributed by atoms with van der Waals surface area (Å²) in [7, 11) is -3.47. The largest absolute Gasteiger partial charge is 0.478 e. The lowest BCUT2D eigenvalue weighted by molar-refractivity contribution is -0.131. The molecule has 0 heterocycles. The molecule has 5 nitrogen and oxygen atoms in total. The van der Waals surface area contributed by atoms with Crippen LogP contribution in [0.1, 0.15) is 18.4 Å². The first-order valence-electron chi connectivity index (χ1n) is 5.87. The van der Waals surface area contributed by atoms with Crippen LogP contribution in [-0.4, -0.2) is 26.0 Å². The van der Waals surface area contributed by atoms with Crippen molar-refractivity contribution in [3.05, 3.63) is 42.0 Å². The van der Waals surface area contributed by atoms with E-state index >= 15 is 0 Å². The van der Waals surface area contributed by atoms with Gasteiger partial charge >= 0.3 is 5.97 Å². The molecule has 0 atom stereocenters. The SMILES string of the molecule is Cc1ccc(S(=O)(=O)NCCC/C=C/C(=O)O)cc1. The number of benzene rings is 1. The van der Waals surface area contributed by atoms with E-state index in [1.165, 1.54) is 6.08 Å². The van der Waals surface area contributed by atoms with Gasteiger partial charge in [0.15, 0.2) is 0 Å². The summed E-state index contributed by atoms with van der Waals surface area (Å²) in [5, 5.41) is 8.37. The minimum atomic E-state index is -3.47. The van der Waals surface area contributed by atoms with Gasteiger partial charge in [0.05, 0.1) is 4.90 Å². The zero-order valence-corrected chi connectivity index (χ0v) is 11.5. The highest BCUT2D eigenvalue weighted by atomic mass is 32.2. The molecule has 0 saturated heterocycles. The zero-order chi connectivity index (χ0) is 14.3. The molecule has 0 saturated carbocycles. The standard InChI is InChI=1S/C13H17NO4S/c1-11-6-8-12(9-7-11)19(17,18)14-10-4-2-3-5-13(15)16/h3,5-9,14H,2,4,10H2,1H3,(H,15,16)/b5-3+. The number of allylic oxidation sites excluding steroid dienone is 1. The summed E-state index contributed by atoms with van der Waals surface area (Å²) in [6, 6.07) is 6.60. The Balaban J connectivity index is 2.43. The number of carboxylic acids is 1. The molecule has 0 radical (unpaired) electrons. The van der Waals surface area contributed by atoms with Crippen molar-refractivity contribution in [3.63, 3.8) is 0 Å². The van der Waals surface area contributed by atoms with Crippen molar-refractivity contribution in [1.82, 2.24) is 4.72 Å². The first-order chi connectivity index (χ1) is 8.92. The van der Waals surface area contributed by atoms with Gasteiger partial charge in [-0.2, -0.15) is 0 Å². The quantitative estimate of drug-likeness (QED) is 0.589. The smallest absolute Gasteiger partial charge is 0.327 e. The van der Waals surface area contributed by atoms with E-state index in [4.69, 9.17) is 5.11 Å². The molecule has 19 heavy (non-hydrogen) atoms. The van der Waals surface area contributed by atoms with Gasteiger partial charge in [0, 0.05) is 12.6 Å². The highest BCUT2D eigenvalue weighted by molar-refractivity contribution is 7.89. The van der Waals surface area contributed by atoms with E-state index in [2.05, 4.69) is 4.72 Å². The van der Waals surface area contributed by atoms with Gasteiger partial charge in [0.1, 0.15) is 0 Å². The van der Waals surface area contributed by atoms with Crippen molar-refractivity contribution in [2.45, 2.75) is 24.7 Å². The Kier molecular flexibility index (Phi) is 5.72. The van der Waals surface area contributed by atoms with Gasteiger partial charge in [0.25, 0.3) is 0 Å². The first kappa shape index (κ1) is 15.4. The molecule has 1 aromatic carbocycles. The summed E-state index contributed by atoms with van der Waals surface area (Å²) >= 11 is 0. The maximum atomic E-state index is 11.9. The number of hydrogen-bond donors (Lipinski definition) is 2. The molecule has 0 spiro atoms. The second-order valence-electron chi connectivity index (χ2n) is 4.09. The molecule has 1 rings (SSSR count). The summed E-state index contributed by atoms with van der Waals surface area (Å²) < 4.78 is 26.2. The third-order valence-corrected chi connectivity index (χ3v) is 3.91. The van der Waals surface area contributed by atoms with Crippen molar-refractivity contribution >= 4 is 16.0 Å². The van der Waals surface area contributed by atoms with Crippen molar-refractivity contribution < 1.29 is 18.3 Å². The molecule has 0 aliphatic heterocycles. The van der Waals surface area contributed by atoms with Crippen LogP contribution in [-0.2, 0) is 14.8 Å². The number of aryl methyl sites for hydroxylation is 1. The van der Waals surface area contributed by atoms with E-state index in [1.807, 2.05) is 6.92 Å². The number of carbonyl (C=O) groups is 1. The van der Waals surface area contributed by atoms with E-state index in [0.717, 1.165) is 11.6 Å². The number of aliphatic carboxylic acids is 1. The van der Waals surface area contributed by atoms with Gasteiger partial charge in [-0.1, -0.05) is 23.8 Å².